The molecule has 1 fully saturated rings. The van der Waals surface area contributed by atoms with Crippen molar-refractivity contribution >= 4 is 29.4 Å². The van der Waals surface area contributed by atoms with E-state index in [4.69, 9.17) is 0 Å². The smallest absolute Gasteiger partial charge is 0.232 e. The van der Waals surface area contributed by atoms with E-state index < -0.39 is 0 Å². The third kappa shape index (κ3) is 6.36. The van der Waals surface area contributed by atoms with Crippen LogP contribution in [0, 0.1) is 0 Å². The van der Waals surface area contributed by atoms with Crippen molar-refractivity contribution in [2.75, 3.05) is 24.2 Å². The minimum Gasteiger partial charge on any atom is -0.342 e. The molecule has 1 N–H and O–H groups in total. The maximum Gasteiger partial charge on any atom is 0.232 e. The Hall–Kier alpha value is -2.41. The molecule has 1 aliphatic heterocycles. The summed E-state index contributed by atoms with van der Waals surface area (Å²) >= 11 is 1.38. The first kappa shape index (κ1) is 19.4. The molecule has 0 radical (unpaired) electrons. The van der Waals surface area contributed by atoms with Crippen LogP contribution in [0.25, 0.3) is 0 Å². The second-order valence-electron chi connectivity index (χ2n) is 6.52. The minimum absolute atomic E-state index is 0.0650. The minimum atomic E-state index is -0.0650. The maximum absolute atomic E-state index is 12.0. The molecule has 7 heteroatoms. The maximum atomic E-state index is 12.0. The number of anilines is 1. The highest BCUT2D eigenvalue weighted by Crippen LogP contribution is 2.18. The van der Waals surface area contributed by atoms with E-state index in [9.17, 15) is 9.59 Å². The van der Waals surface area contributed by atoms with Gasteiger partial charge >= 0.3 is 0 Å². The Balaban J connectivity index is 1.37. The summed E-state index contributed by atoms with van der Waals surface area (Å²) in [6.07, 6.45) is 4.29. The highest BCUT2D eigenvalue weighted by Gasteiger charge is 2.18. The Morgan fingerprint density at radius 2 is 1.81 bits per heavy atom. The number of benzene rings is 1. The van der Waals surface area contributed by atoms with Crippen LogP contribution in [0.5, 0.6) is 0 Å². The van der Waals surface area contributed by atoms with Gasteiger partial charge in [-0.2, -0.15) is 0 Å². The standard InChI is InChI=1S/C20H24N4O2S/c25-18(10-6-9-16-7-2-1-3-8-16)21-17-11-12-19(23-22-17)27-15-20(26)24-13-4-5-14-24/h1-3,7-8,11-12H,4-6,9-10,13-15H2,(H,21,22,25). The van der Waals surface area contributed by atoms with Crippen molar-refractivity contribution in [2.24, 2.45) is 0 Å². The summed E-state index contributed by atoms with van der Waals surface area (Å²) in [4.78, 5) is 25.9. The zero-order chi connectivity index (χ0) is 18.9. The van der Waals surface area contributed by atoms with Crippen molar-refractivity contribution in [1.29, 1.82) is 0 Å². The summed E-state index contributed by atoms with van der Waals surface area (Å²) in [7, 11) is 0. The molecule has 6 nitrogen and oxygen atoms in total. The van der Waals surface area contributed by atoms with Crippen LogP contribution < -0.4 is 5.32 Å². The van der Waals surface area contributed by atoms with E-state index >= 15 is 0 Å². The second-order valence-corrected chi connectivity index (χ2v) is 7.52. The topological polar surface area (TPSA) is 75.2 Å². The highest BCUT2D eigenvalue weighted by molar-refractivity contribution is 7.99. The summed E-state index contributed by atoms with van der Waals surface area (Å²) < 4.78 is 0. The van der Waals surface area contributed by atoms with Crippen molar-refractivity contribution in [3.8, 4) is 0 Å². The largest absolute Gasteiger partial charge is 0.342 e. The lowest BCUT2D eigenvalue weighted by atomic mass is 10.1. The molecule has 0 atom stereocenters. The first-order valence-corrected chi connectivity index (χ1v) is 10.3. The second kappa shape index (κ2) is 10.1. The summed E-state index contributed by atoms with van der Waals surface area (Å²) in [5, 5.41) is 11.6. The van der Waals surface area contributed by atoms with Gasteiger partial charge in [0.1, 0.15) is 5.03 Å². The molecule has 27 heavy (non-hydrogen) atoms. The molecule has 3 rings (SSSR count). The van der Waals surface area contributed by atoms with Crippen LogP contribution >= 0.6 is 11.8 Å². The number of aryl methyl sites for hydroxylation is 1. The lowest BCUT2D eigenvalue weighted by molar-refractivity contribution is -0.127. The predicted molar refractivity (Wildman–Crippen MR) is 107 cm³/mol. The van der Waals surface area contributed by atoms with Crippen LogP contribution in [0.1, 0.15) is 31.2 Å². The molecule has 1 aromatic carbocycles. The molecule has 0 unspecified atom stereocenters. The molecule has 1 aromatic heterocycles. The van der Waals surface area contributed by atoms with Gasteiger partial charge in [-0.15, -0.1) is 10.2 Å². The van der Waals surface area contributed by atoms with Crippen molar-refractivity contribution in [2.45, 2.75) is 37.1 Å². The quantitative estimate of drug-likeness (QED) is 0.708. The molecule has 2 heterocycles. The lowest BCUT2D eigenvalue weighted by Crippen LogP contribution is -2.29. The third-order valence-electron chi connectivity index (χ3n) is 4.42. The number of hydrogen-bond acceptors (Lipinski definition) is 5. The monoisotopic (exact) mass is 384 g/mol. The summed E-state index contributed by atoms with van der Waals surface area (Å²) in [5.74, 6) is 0.898. The van der Waals surface area contributed by atoms with E-state index in [0.29, 0.717) is 23.0 Å². The average Bonchev–Trinajstić information content (AvgIpc) is 3.23. The molecule has 0 spiro atoms. The number of aromatic nitrogens is 2. The van der Waals surface area contributed by atoms with Crippen LogP contribution in [0.2, 0.25) is 0 Å². The zero-order valence-electron chi connectivity index (χ0n) is 15.3. The molecule has 0 aliphatic carbocycles. The SMILES string of the molecule is O=C(CCCc1ccccc1)Nc1ccc(SCC(=O)N2CCCC2)nn1. The number of nitrogens with zero attached hydrogens (tertiary/aromatic N) is 3. The number of rotatable bonds is 8. The zero-order valence-corrected chi connectivity index (χ0v) is 16.1. The van der Waals surface area contributed by atoms with E-state index in [2.05, 4.69) is 27.6 Å². The van der Waals surface area contributed by atoms with Gasteiger partial charge in [0.2, 0.25) is 11.8 Å². The summed E-state index contributed by atoms with van der Waals surface area (Å²) in [5.41, 5.74) is 1.23. The van der Waals surface area contributed by atoms with Crippen LogP contribution in [0.15, 0.2) is 47.5 Å². The van der Waals surface area contributed by atoms with Crippen molar-refractivity contribution in [1.82, 2.24) is 15.1 Å². The van der Waals surface area contributed by atoms with Gasteiger partial charge in [0.15, 0.2) is 5.82 Å². The van der Waals surface area contributed by atoms with E-state index in [-0.39, 0.29) is 11.8 Å². The van der Waals surface area contributed by atoms with Crippen molar-refractivity contribution < 1.29 is 9.59 Å². The highest BCUT2D eigenvalue weighted by atomic mass is 32.2. The van der Waals surface area contributed by atoms with Gasteiger partial charge in [0, 0.05) is 19.5 Å². The Labute approximate surface area is 163 Å². The number of carbonyl (C=O) groups excluding carboxylic acids is 2. The van der Waals surface area contributed by atoms with E-state index in [1.807, 2.05) is 23.1 Å². The molecule has 2 amide bonds. The third-order valence-corrected chi connectivity index (χ3v) is 5.33. The van der Waals surface area contributed by atoms with E-state index in [0.717, 1.165) is 38.8 Å². The Morgan fingerprint density at radius 3 is 2.52 bits per heavy atom. The predicted octanol–water partition coefficient (Wildman–Crippen LogP) is 3.15. The number of thioether (sulfide) groups is 1. The van der Waals surface area contributed by atoms with Gasteiger partial charge in [-0.25, -0.2) is 0 Å². The first-order valence-electron chi connectivity index (χ1n) is 9.29. The molecular formula is C20H24N4O2S. The molecular weight excluding hydrogens is 360 g/mol. The first-order chi connectivity index (χ1) is 13.2. The molecule has 1 saturated heterocycles. The van der Waals surface area contributed by atoms with Gasteiger partial charge in [-0.3, -0.25) is 9.59 Å². The van der Waals surface area contributed by atoms with Gasteiger partial charge in [-0.05, 0) is 43.4 Å². The number of likely N-dealkylation sites (tertiary alicyclic amines) is 1. The number of nitrogens with one attached hydrogen (secondary N) is 1. The fourth-order valence-electron chi connectivity index (χ4n) is 2.96. The van der Waals surface area contributed by atoms with Crippen LogP contribution in [0.3, 0.4) is 0 Å². The summed E-state index contributed by atoms with van der Waals surface area (Å²) in [6.45, 7) is 1.72. The van der Waals surface area contributed by atoms with Crippen LogP contribution in [-0.2, 0) is 16.0 Å². The number of carbonyl (C=O) groups is 2. The van der Waals surface area contributed by atoms with Crippen LogP contribution in [-0.4, -0.2) is 45.8 Å². The normalized spacial score (nSPS) is 13.6. The molecule has 1 aliphatic rings. The van der Waals surface area contributed by atoms with E-state index in [1.54, 1.807) is 12.1 Å². The molecule has 0 bridgehead atoms. The van der Waals surface area contributed by atoms with Gasteiger partial charge in [-0.1, -0.05) is 42.1 Å². The fraction of sp³-hybridized carbons (Fsp3) is 0.400. The Kier molecular flexibility index (Phi) is 7.21. The van der Waals surface area contributed by atoms with Gasteiger partial charge < -0.3 is 10.2 Å². The average molecular weight is 385 g/mol. The Bertz CT molecular complexity index is 746. The molecule has 142 valence electrons. The van der Waals surface area contributed by atoms with Gasteiger partial charge in [0.05, 0.1) is 5.75 Å². The van der Waals surface area contributed by atoms with Gasteiger partial charge in [0.25, 0.3) is 0 Å². The molecule has 0 saturated carbocycles. The molecule has 2 aromatic rings. The number of amides is 2. The number of hydrogen-bond donors (Lipinski definition) is 1. The fourth-order valence-corrected chi connectivity index (χ4v) is 3.68. The lowest BCUT2D eigenvalue weighted by Gasteiger charge is -2.14. The van der Waals surface area contributed by atoms with Crippen molar-refractivity contribution in [3.05, 3.63) is 48.0 Å². The Morgan fingerprint density at radius 1 is 1.04 bits per heavy atom. The van der Waals surface area contributed by atoms with Crippen LogP contribution in [0.4, 0.5) is 5.82 Å². The van der Waals surface area contributed by atoms with E-state index in [1.165, 1.54) is 17.3 Å². The summed E-state index contributed by atoms with van der Waals surface area (Å²) in [6, 6.07) is 13.6. The van der Waals surface area contributed by atoms with Crippen molar-refractivity contribution in [3.63, 3.8) is 0 Å².